The van der Waals surface area contributed by atoms with E-state index in [1.54, 1.807) is 31.2 Å². The number of hydrogen-bond donors (Lipinski definition) is 4. The second-order valence-corrected chi connectivity index (χ2v) is 9.01. The van der Waals surface area contributed by atoms with Gasteiger partial charge in [0.25, 0.3) is 11.8 Å². The van der Waals surface area contributed by atoms with Crippen LogP contribution in [-0.2, 0) is 20.8 Å². The van der Waals surface area contributed by atoms with Crippen molar-refractivity contribution >= 4 is 23.6 Å². The predicted molar refractivity (Wildman–Crippen MR) is 121 cm³/mol. The number of amides is 4. The molecule has 0 saturated carbocycles. The van der Waals surface area contributed by atoms with E-state index < -0.39 is 17.9 Å². The van der Waals surface area contributed by atoms with E-state index in [9.17, 15) is 19.2 Å². The molecule has 178 valence electrons. The Morgan fingerprint density at radius 3 is 2.25 bits per heavy atom. The number of nitrogens with zero attached hydrogens (tertiary/aromatic N) is 1. The molecule has 4 amide bonds. The van der Waals surface area contributed by atoms with Gasteiger partial charge in [0.1, 0.15) is 12.6 Å². The van der Waals surface area contributed by atoms with Crippen molar-refractivity contribution < 1.29 is 24.4 Å². The molecule has 0 radical (unpaired) electrons. The van der Waals surface area contributed by atoms with Crippen LogP contribution in [0.25, 0.3) is 0 Å². The molecule has 0 spiro atoms. The van der Waals surface area contributed by atoms with Crippen LogP contribution >= 0.6 is 0 Å². The van der Waals surface area contributed by atoms with E-state index in [2.05, 4.69) is 5.32 Å². The van der Waals surface area contributed by atoms with Gasteiger partial charge in [0.05, 0.1) is 0 Å². The van der Waals surface area contributed by atoms with Crippen molar-refractivity contribution in [1.82, 2.24) is 15.7 Å². The molecule has 0 aliphatic carbocycles. The van der Waals surface area contributed by atoms with Crippen LogP contribution in [0.3, 0.4) is 0 Å². The molecule has 9 heteroatoms. The number of nitrogens with two attached hydrogens (primary N) is 1. The number of hydroxylamine groups is 1. The second kappa shape index (κ2) is 12.8. The van der Waals surface area contributed by atoms with Crippen LogP contribution < -0.4 is 16.5 Å². The molecule has 2 atom stereocenters. The number of benzene rings is 1. The first-order chi connectivity index (χ1) is 14.9. The molecule has 5 N–H and O–H groups in total. The number of nitrogens with one attached hydrogen (secondary N) is 2. The number of carbonyl (C=O) groups is 4. The van der Waals surface area contributed by atoms with Gasteiger partial charge in [-0.15, -0.1) is 0 Å². The summed E-state index contributed by atoms with van der Waals surface area (Å²) in [6.07, 6.45) is 0.826. The average Bonchev–Trinajstić information content (AvgIpc) is 2.71. The minimum absolute atomic E-state index is 0.107. The van der Waals surface area contributed by atoms with Gasteiger partial charge < -0.3 is 16.0 Å². The smallest absolute Gasteiger partial charge is 0.262 e. The first kappa shape index (κ1) is 27.1. The van der Waals surface area contributed by atoms with Crippen molar-refractivity contribution in [3.63, 3.8) is 0 Å². The monoisotopic (exact) mass is 448 g/mol. The van der Waals surface area contributed by atoms with E-state index in [1.165, 1.54) is 10.4 Å². The van der Waals surface area contributed by atoms with Crippen molar-refractivity contribution in [2.24, 2.45) is 23.5 Å². The Morgan fingerprint density at radius 1 is 1.06 bits per heavy atom. The lowest BCUT2D eigenvalue weighted by Gasteiger charge is -2.24. The standard InChI is InChI=1S/C23H36N4O5/c1-14(2)9-16(5)22(30)25-19(21(24)29)11-17-7-6-8-18(10-17)23(31)27(12-15(3)4)13-20(28)26-32/h6-8,10,14-16,19,32H,9,11-13H2,1-5H3,(H2,24,29)(H,25,30)(H,26,28)/t16-,19+/m1/s1. The summed E-state index contributed by atoms with van der Waals surface area (Å²) >= 11 is 0. The third-order valence-corrected chi connectivity index (χ3v) is 4.88. The van der Waals surface area contributed by atoms with Gasteiger partial charge in [-0.1, -0.05) is 46.8 Å². The van der Waals surface area contributed by atoms with Gasteiger partial charge in [-0.05, 0) is 36.0 Å². The first-order valence-corrected chi connectivity index (χ1v) is 10.8. The van der Waals surface area contributed by atoms with E-state index in [4.69, 9.17) is 10.9 Å². The zero-order valence-electron chi connectivity index (χ0n) is 19.6. The Labute approximate surface area is 189 Å². The Hall–Kier alpha value is -2.94. The van der Waals surface area contributed by atoms with Crippen LogP contribution in [0, 0.1) is 17.8 Å². The lowest BCUT2D eigenvalue weighted by Crippen LogP contribution is -2.47. The number of rotatable bonds is 12. The Morgan fingerprint density at radius 2 is 1.72 bits per heavy atom. The lowest BCUT2D eigenvalue weighted by molar-refractivity contribution is -0.130. The topological polar surface area (TPSA) is 142 Å². The molecule has 0 aromatic heterocycles. The van der Waals surface area contributed by atoms with Crippen LogP contribution in [0.4, 0.5) is 0 Å². The van der Waals surface area contributed by atoms with Crippen molar-refractivity contribution in [3.05, 3.63) is 35.4 Å². The molecule has 1 rings (SSSR count). The normalized spacial score (nSPS) is 12.9. The van der Waals surface area contributed by atoms with E-state index in [0.717, 1.165) is 0 Å². The SMILES string of the molecule is CC(C)C[C@@H](C)C(=O)N[C@@H](Cc1cccc(C(=O)N(CC(=O)NO)CC(C)C)c1)C(N)=O. The van der Waals surface area contributed by atoms with E-state index in [1.807, 2.05) is 27.7 Å². The van der Waals surface area contributed by atoms with Gasteiger partial charge in [0.2, 0.25) is 11.8 Å². The summed E-state index contributed by atoms with van der Waals surface area (Å²) in [6, 6.07) is 5.73. The maximum absolute atomic E-state index is 13.0. The zero-order chi connectivity index (χ0) is 24.4. The summed E-state index contributed by atoms with van der Waals surface area (Å²) in [7, 11) is 0. The summed E-state index contributed by atoms with van der Waals surface area (Å²) in [5.41, 5.74) is 8.02. The highest BCUT2D eigenvalue weighted by Crippen LogP contribution is 2.14. The molecule has 0 bridgehead atoms. The fourth-order valence-electron chi connectivity index (χ4n) is 3.47. The molecule has 32 heavy (non-hydrogen) atoms. The molecule has 0 fully saturated rings. The van der Waals surface area contributed by atoms with E-state index >= 15 is 0 Å². The average molecular weight is 449 g/mol. The maximum Gasteiger partial charge on any atom is 0.262 e. The Kier molecular flexibility index (Phi) is 10.8. The zero-order valence-corrected chi connectivity index (χ0v) is 19.6. The van der Waals surface area contributed by atoms with Gasteiger partial charge in [-0.25, -0.2) is 5.48 Å². The molecule has 1 aromatic rings. The van der Waals surface area contributed by atoms with Crippen LogP contribution in [-0.4, -0.2) is 52.9 Å². The highest BCUT2D eigenvalue weighted by Gasteiger charge is 2.24. The number of primary amides is 1. The van der Waals surface area contributed by atoms with Crippen LogP contribution in [0.15, 0.2) is 24.3 Å². The van der Waals surface area contributed by atoms with Crippen molar-refractivity contribution in [2.75, 3.05) is 13.1 Å². The van der Waals surface area contributed by atoms with Gasteiger partial charge in [0.15, 0.2) is 0 Å². The van der Waals surface area contributed by atoms with E-state index in [0.29, 0.717) is 30.0 Å². The summed E-state index contributed by atoms with van der Waals surface area (Å²) < 4.78 is 0. The Balaban J connectivity index is 3.00. The van der Waals surface area contributed by atoms with Crippen molar-refractivity contribution in [2.45, 2.75) is 53.5 Å². The molecule has 0 aliphatic heterocycles. The minimum atomic E-state index is -0.908. The van der Waals surface area contributed by atoms with Crippen molar-refractivity contribution in [1.29, 1.82) is 0 Å². The molecule has 0 unspecified atom stereocenters. The highest BCUT2D eigenvalue weighted by molar-refractivity contribution is 5.96. The third kappa shape index (κ3) is 9.05. The van der Waals surface area contributed by atoms with Gasteiger partial charge in [-0.3, -0.25) is 24.4 Å². The molecule has 0 aliphatic rings. The molecule has 9 nitrogen and oxygen atoms in total. The summed E-state index contributed by atoms with van der Waals surface area (Å²) in [5.74, 6) is -1.78. The second-order valence-electron chi connectivity index (χ2n) is 9.01. The molecule has 0 heterocycles. The maximum atomic E-state index is 13.0. The third-order valence-electron chi connectivity index (χ3n) is 4.88. The lowest BCUT2D eigenvalue weighted by atomic mass is 9.97. The molecular formula is C23H36N4O5. The van der Waals surface area contributed by atoms with Crippen LogP contribution in [0.1, 0.15) is 57.0 Å². The van der Waals surface area contributed by atoms with E-state index in [-0.39, 0.29) is 36.6 Å². The number of hydrogen-bond acceptors (Lipinski definition) is 5. The summed E-state index contributed by atoms with van der Waals surface area (Å²) in [6.45, 7) is 9.70. The molecule has 0 saturated heterocycles. The van der Waals surface area contributed by atoms with Gasteiger partial charge in [-0.2, -0.15) is 0 Å². The van der Waals surface area contributed by atoms with Gasteiger partial charge >= 0.3 is 0 Å². The summed E-state index contributed by atoms with van der Waals surface area (Å²) in [4.78, 5) is 50.3. The Bertz CT molecular complexity index is 809. The molecular weight excluding hydrogens is 412 g/mol. The van der Waals surface area contributed by atoms with Gasteiger partial charge in [0, 0.05) is 24.4 Å². The molecule has 1 aromatic carbocycles. The predicted octanol–water partition coefficient (Wildman–Crippen LogP) is 1.49. The minimum Gasteiger partial charge on any atom is -0.368 e. The summed E-state index contributed by atoms with van der Waals surface area (Å²) in [5, 5.41) is 11.5. The van der Waals surface area contributed by atoms with Crippen molar-refractivity contribution in [3.8, 4) is 0 Å². The largest absolute Gasteiger partial charge is 0.368 e. The quantitative estimate of drug-likeness (QED) is 0.283. The fourth-order valence-corrected chi connectivity index (χ4v) is 3.47. The van der Waals surface area contributed by atoms with Crippen LogP contribution in [0.2, 0.25) is 0 Å². The first-order valence-electron chi connectivity index (χ1n) is 10.8. The highest BCUT2D eigenvalue weighted by atomic mass is 16.5. The fraction of sp³-hybridized carbons (Fsp3) is 0.565. The van der Waals surface area contributed by atoms with Crippen LogP contribution in [0.5, 0.6) is 0 Å². The number of carbonyl (C=O) groups excluding carboxylic acids is 4.